The van der Waals surface area contributed by atoms with E-state index in [4.69, 9.17) is 10.00 Å². The molecule has 0 spiro atoms. The Morgan fingerprint density at radius 3 is 2.24 bits per heavy atom. The number of nitriles is 1. The Balaban J connectivity index is 1.67. The standard InChI is InChI=1S/C25H24N2O2/c1-3-27(19(2)22-13-9-20(17-26)10-14-22)25(28)23-15-11-21(12-16-23)18-29-24-7-5-4-6-8-24/h4-16,19H,3,18H2,1-2H3. The van der Waals surface area contributed by atoms with E-state index >= 15 is 0 Å². The maximum absolute atomic E-state index is 13.0. The van der Waals surface area contributed by atoms with Crippen molar-refractivity contribution in [2.75, 3.05) is 6.54 Å². The van der Waals surface area contributed by atoms with Crippen molar-refractivity contribution in [2.24, 2.45) is 0 Å². The number of carbonyl (C=O) groups excluding carboxylic acids is 1. The lowest BCUT2D eigenvalue weighted by Crippen LogP contribution is -2.33. The summed E-state index contributed by atoms with van der Waals surface area (Å²) in [5, 5.41) is 8.96. The van der Waals surface area contributed by atoms with E-state index < -0.39 is 0 Å². The van der Waals surface area contributed by atoms with Crippen LogP contribution in [0.1, 0.15) is 46.9 Å². The molecule has 0 aliphatic carbocycles. The molecular weight excluding hydrogens is 360 g/mol. The molecule has 0 heterocycles. The molecule has 0 saturated heterocycles. The zero-order valence-electron chi connectivity index (χ0n) is 16.7. The van der Waals surface area contributed by atoms with Crippen LogP contribution in [-0.4, -0.2) is 17.4 Å². The molecule has 3 rings (SSSR count). The quantitative estimate of drug-likeness (QED) is 0.551. The van der Waals surface area contributed by atoms with E-state index in [1.54, 1.807) is 12.1 Å². The fourth-order valence-corrected chi connectivity index (χ4v) is 3.20. The lowest BCUT2D eigenvalue weighted by molar-refractivity contribution is 0.0702. The molecule has 1 atom stereocenters. The van der Waals surface area contributed by atoms with Crippen LogP contribution in [0.15, 0.2) is 78.9 Å². The Hall–Kier alpha value is -3.58. The molecule has 0 saturated carbocycles. The number of para-hydroxylation sites is 1. The predicted octanol–water partition coefficient (Wildman–Crippen LogP) is 5.36. The van der Waals surface area contributed by atoms with Crippen molar-refractivity contribution in [1.82, 2.24) is 4.90 Å². The van der Waals surface area contributed by atoms with Gasteiger partial charge in [-0.1, -0.05) is 42.5 Å². The van der Waals surface area contributed by atoms with Gasteiger partial charge in [-0.25, -0.2) is 0 Å². The molecule has 0 bridgehead atoms. The first-order valence-corrected chi connectivity index (χ1v) is 9.70. The summed E-state index contributed by atoms with van der Waals surface area (Å²) >= 11 is 0. The topological polar surface area (TPSA) is 53.3 Å². The Bertz CT molecular complexity index is 974. The molecule has 0 aromatic heterocycles. The average molecular weight is 384 g/mol. The first-order chi connectivity index (χ1) is 14.1. The van der Waals surface area contributed by atoms with Crippen LogP contribution in [0.25, 0.3) is 0 Å². The highest BCUT2D eigenvalue weighted by molar-refractivity contribution is 5.94. The summed E-state index contributed by atoms with van der Waals surface area (Å²) in [7, 11) is 0. The summed E-state index contributed by atoms with van der Waals surface area (Å²) in [6.07, 6.45) is 0. The van der Waals surface area contributed by atoms with Crippen molar-refractivity contribution in [2.45, 2.75) is 26.5 Å². The second-order valence-electron chi connectivity index (χ2n) is 6.80. The molecule has 3 aromatic rings. The fourth-order valence-electron chi connectivity index (χ4n) is 3.20. The number of rotatable bonds is 7. The Morgan fingerprint density at radius 1 is 1.00 bits per heavy atom. The summed E-state index contributed by atoms with van der Waals surface area (Å²) in [5.41, 5.74) is 3.28. The highest BCUT2D eigenvalue weighted by Crippen LogP contribution is 2.23. The van der Waals surface area contributed by atoms with Gasteiger partial charge < -0.3 is 9.64 Å². The summed E-state index contributed by atoms with van der Waals surface area (Å²) in [6.45, 7) is 5.03. The Morgan fingerprint density at radius 2 is 1.66 bits per heavy atom. The van der Waals surface area contributed by atoms with Crippen LogP contribution < -0.4 is 4.74 Å². The lowest BCUT2D eigenvalue weighted by Gasteiger charge is -2.28. The molecular formula is C25H24N2O2. The highest BCUT2D eigenvalue weighted by atomic mass is 16.5. The van der Waals surface area contributed by atoms with Crippen LogP contribution in [0.5, 0.6) is 5.75 Å². The van der Waals surface area contributed by atoms with E-state index in [1.165, 1.54) is 0 Å². The van der Waals surface area contributed by atoms with Gasteiger partial charge >= 0.3 is 0 Å². The summed E-state index contributed by atoms with van der Waals surface area (Å²) in [5.74, 6) is 0.806. The molecule has 4 nitrogen and oxygen atoms in total. The maximum atomic E-state index is 13.0. The van der Waals surface area contributed by atoms with Gasteiger partial charge in [0, 0.05) is 12.1 Å². The van der Waals surface area contributed by atoms with E-state index in [9.17, 15) is 4.79 Å². The van der Waals surface area contributed by atoms with Crippen molar-refractivity contribution in [3.8, 4) is 11.8 Å². The van der Waals surface area contributed by atoms with Gasteiger partial charge in [-0.2, -0.15) is 5.26 Å². The smallest absolute Gasteiger partial charge is 0.254 e. The van der Waals surface area contributed by atoms with E-state index in [0.29, 0.717) is 24.3 Å². The van der Waals surface area contributed by atoms with Crippen LogP contribution in [0, 0.1) is 11.3 Å². The zero-order chi connectivity index (χ0) is 20.6. The number of nitrogens with zero attached hydrogens (tertiary/aromatic N) is 2. The van der Waals surface area contributed by atoms with Gasteiger partial charge in [-0.3, -0.25) is 4.79 Å². The minimum Gasteiger partial charge on any atom is -0.489 e. The molecule has 0 aliphatic heterocycles. The second-order valence-corrected chi connectivity index (χ2v) is 6.80. The number of hydrogen-bond donors (Lipinski definition) is 0. The minimum atomic E-state index is -0.0821. The molecule has 4 heteroatoms. The van der Waals surface area contributed by atoms with Gasteiger partial charge in [0.15, 0.2) is 0 Å². The van der Waals surface area contributed by atoms with E-state index in [0.717, 1.165) is 16.9 Å². The van der Waals surface area contributed by atoms with Crippen LogP contribution >= 0.6 is 0 Å². The SMILES string of the molecule is CCN(C(=O)c1ccc(COc2ccccc2)cc1)C(C)c1ccc(C#N)cc1. The molecule has 29 heavy (non-hydrogen) atoms. The third-order valence-corrected chi connectivity index (χ3v) is 4.94. The molecule has 1 amide bonds. The van der Waals surface area contributed by atoms with Crippen LogP contribution in [0.4, 0.5) is 0 Å². The number of carbonyl (C=O) groups is 1. The van der Waals surface area contributed by atoms with Crippen molar-refractivity contribution in [3.05, 3.63) is 101 Å². The number of ether oxygens (including phenoxy) is 1. The molecule has 146 valence electrons. The lowest BCUT2D eigenvalue weighted by atomic mass is 10.0. The van der Waals surface area contributed by atoms with Crippen LogP contribution in [0.3, 0.4) is 0 Å². The number of amides is 1. The Labute approximate surface area is 172 Å². The molecule has 0 fully saturated rings. The molecule has 0 radical (unpaired) electrons. The van der Waals surface area contributed by atoms with Crippen LogP contribution in [0.2, 0.25) is 0 Å². The molecule has 3 aromatic carbocycles. The van der Waals surface area contributed by atoms with Crippen molar-refractivity contribution < 1.29 is 9.53 Å². The molecule has 0 aliphatic rings. The maximum Gasteiger partial charge on any atom is 0.254 e. The third-order valence-electron chi connectivity index (χ3n) is 4.94. The van der Waals surface area contributed by atoms with Crippen molar-refractivity contribution >= 4 is 5.91 Å². The first kappa shape index (κ1) is 20.2. The largest absolute Gasteiger partial charge is 0.489 e. The summed E-state index contributed by atoms with van der Waals surface area (Å²) in [6, 6.07) is 26.6. The summed E-state index contributed by atoms with van der Waals surface area (Å²) in [4.78, 5) is 14.9. The third kappa shape index (κ3) is 5.03. The van der Waals surface area contributed by atoms with E-state index in [2.05, 4.69) is 6.07 Å². The van der Waals surface area contributed by atoms with E-state index in [1.807, 2.05) is 85.5 Å². The van der Waals surface area contributed by atoms with Gasteiger partial charge in [0.1, 0.15) is 12.4 Å². The second kappa shape index (κ2) is 9.57. The fraction of sp³-hybridized carbons (Fsp3) is 0.200. The van der Waals surface area contributed by atoms with Gasteiger partial charge in [-0.15, -0.1) is 0 Å². The zero-order valence-corrected chi connectivity index (χ0v) is 16.7. The summed E-state index contributed by atoms with van der Waals surface area (Å²) < 4.78 is 5.76. The predicted molar refractivity (Wildman–Crippen MR) is 113 cm³/mol. The first-order valence-electron chi connectivity index (χ1n) is 9.70. The van der Waals surface area contributed by atoms with Gasteiger partial charge in [0.25, 0.3) is 5.91 Å². The van der Waals surface area contributed by atoms with Gasteiger partial charge in [0.05, 0.1) is 17.7 Å². The van der Waals surface area contributed by atoms with Crippen molar-refractivity contribution in [3.63, 3.8) is 0 Å². The average Bonchev–Trinajstić information content (AvgIpc) is 2.79. The number of hydrogen-bond acceptors (Lipinski definition) is 3. The van der Waals surface area contributed by atoms with Crippen LogP contribution in [-0.2, 0) is 6.61 Å². The van der Waals surface area contributed by atoms with E-state index in [-0.39, 0.29) is 11.9 Å². The molecule has 1 unspecified atom stereocenters. The number of benzene rings is 3. The van der Waals surface area contributed by atoms with Gasteiger partial charge in [-0.05, 0) is 61.4 Å². The van der Waals surface area contributed by atoms with Gasteiger partial charge in [0.2, 0.25) is 0 Å². The minimum absolute atomic E-state index is 0.0140. The highest BCUT2D eigenvalue weighted by Gasteiger charge is 2.21. The molecule has 0 N–H and O–H groups in total. The monoisotopic (exact) mass is 384 g/mol. The normalized spacial score (nSPS) is 11.3. The van der Waals surface area contributed by atoms with Crippen molar-refractivity contribution in [1.29, 1.82) is 5.26 Å². The Kier molecular flexibility index (Phi) is 6.65.